The molecule has 1 heterocycles. The van der Waals surface area contributed by atoms with Crippen molar-refractivity contribution in [1.29, 1.82) is 0 Å². The molecular formula is C13H22N4S. The molecule has 0 saturated heterocycles. The van der Waals surface area contributed by atoms with Crippen molar-refractivity contribution >= 4 is 17.3 Å². The summed E-state index contributed by atoms with van der Waals surface area (Å²) >= 11 is 1.72. The summed E-state index contributed by atoms with van der Waals surface area (Å²) in [6.45, 7) is 0.846. The molecule has 0 aromatic carbocycles. The van der Waals surface area contributed by atoms with E-state index in [2.05, 4.69) is 27.2 Å². The second kappa shape index (κ2) is 6.75. The van der Waals surface area contributed by atoms with Gasteiger partial charge in [-0.25, -0.2) is 10.8 Å². The average molecular weight is 266 g/mol. The number of thiophene rings is 1. The molecule has 5 heteroatoms. The van der Waals surface area contributed by atoms with Crippen LogP contribution < -0.4 is 11.3 Å². The molecule has 2 rings (SSSR count). The van der Waals surface area contributed by atoms with Crippen LogP contribution >= 0.6 is 11.3 Å². The molecular weight excluding hydrogens is 244 g/mol. The van der Waals surface area contributed by atoms with Crippen LogP contribution in [0.4, 0.5) is 0 Å². The highest BCUT2D eigenvalue weighted by atomic mass is 32.1. The number of nitrogens with two attached hydrogens (primary N) is 1. The molecule has 0 atom stereocenters. The Morgan fingerprint density at radius 3 is 2.89 bits per heavy atom. The lowest BCUT2D eigenvalue weighted by Gasteiger charge is -2.24. The summed E-state index contributed by atoms with van der Waals surface area (Å²) in [6, 6.07) is 2.57. The lowest BCUT2D eigenvalue weighted by atomic mass is 9.96. The largest absolute Gasteiger partial charge is 0.341 e. The van der Waals surface area contributed by atoms with E-state index in [9.17, 15) is 0 Å². The third-order valence-corrected chi connectivity index (χ3v) is 4.10. The standard InChI is InChI=1S/C13H22N4S/c1-17(9-11-7-8-18-10-11)13(16-14)15-12-5-3-2-4-6-12/h7-8,10,12H,2-6,9,14H2,1H3,(H,15,16). The quantitative estimate of drug-likeness (QED) is 0.382. The topological polar surface area (TPSA) is 53.6 Å². The maximum Gasteiger partial charge on any atom is 0.208 e. The minimum atomic E-state index is 0.440. The molecule has 0 bridgehead atoms. The molecule has 4 nitrogen and oxygen atoms in total. The van der Waals surface area contributed by atoms with E-state index in [0.717, 1.165) is 12.5 Å². The van der Waals surface area contributed by atoms with Crippen LogP contribution in [0.5, 0.6) is 0 Å². The Balaban J connectivity index is 1.95. The predicted octanol–water partition coefficient (Wildman–Crippen LogP) is 2.33. The Hall–Kier alpha value is -1.07. The summed E-state index contributed by atoms with van der Waals surface area (Å²) in [7, 11) is 2.03. The van der Waals surface area contributed by atoms with Crippen molar-refractivity contribution < 1.29 is 0 Å². The maximum absolute atomic E-state index is 5.60. The number of hydrazine groups is 1. The zero-order valence-electron chi connectivity index (χ0n) is 10.9. The lowest BCUT2D eigenvalue weighted by molar-refractivity contribution is 0.423. The van der Waals surface area contributed by atoms with Gasteiger partial charge in [-0.3, -0.25) is 5.43 Å². The molecule has 1 aromatic rings. The summed E-state index contributed by atoms with van der Waals surface area (Å²) in [4.78, 5) is 6.82. The molecule has 1 aliphatic carbocycles. The Kier molecular flexibility index (Phi) is 5.01. The maximum atomic E-state index is 5.60. The minimum absolute atomic E-state index is 0.440. The second-order valence-corrected chi connectivity index (χ2v) is 5.66. The van der Waals surface area contributed by atoms with Crippen molar-refractivity contribution in [2.45, 2.75) is 44.7 Å². The minimum Gasteiger partial charge on any atom is -0.341 e. The number of aliphatic imine (C=N–C) groups is 1. The molecule has 0 spiro atoms. The predicted molar refractivity (Wildman–Crippen MR) is 77.4 cm³/mol. The van der Waals surface area contributed by atoms with Crippen LogP contribution in [0.1, 0.15) is 37.7 Å². The summed E-state index contributed by atoms with van der Waals surface area (Å²) in [6.07, 6.45) is 6.32. The number of hydrogen-bond donors (Lipinski definition) is 2. The molecule has 18 heavy (non-hydrogen) atoms. The average Bonchev–Trinajstić information content (AvgIpc) is 2.90. The van der Waals surface area contributed by atoms with Crippen molar-refractivity contribution in [1.82, 2.24) is 10.3 Å². The Morgan fingerprint density at radius 2 is 2.28 bits per heavy atom. The van der Waals surface area contributed by atoms with Gasteiger partial charge in [0.05, 0.1) is 6.04 Å². The zero-order chi connectivity index (χ0) is 12.8. The molecule has 0 aliphatic heterocycles. The van der Waals surface area contributed by atoms with Gasteiger partial charge in [-0.05, 0) is 35.2 Å². The van der Waals surface area contributed by atoms with Crippen LogP contribution in [0.15, 0.2) is 21.8 Å². The van der Waals surface area contributed by atoms with E-state index < -0.39 is 0 Å². The number of guanidine groups is 1. The fraction of sp³-hybridized carbons (Fsp3) is 0.615. The number of hydrogen-bond acceptors (Lipinski definition) is 3. The van der Waals surface area contributed by atoms with Gasteiger partial charge >= 0.3 is 0 Å². The van der Waals surface area contributed by atoms with Gasteiger partial charge in [0.15, 0.2) is 0 Å². The lowest BCUT2D eigenvalue weighted by Crippen LogP contribution is -2.43. The normalized spacial score (nSPS) is 17.8. The molecule has 0 unspecified atom stereocenters. The van der Waals surface area contributed by atoms with Gasteiger partial charge in [0.2, 0.25) is 5.96 Å². The van der Waals surface area contributed by atoms with E-state index in [-0.39, 0.29) is 0 Å². The highest BCUT2D eigenvalue weighted by Gasteiger charge is 2.14. The molecule has 1 aliphatic rings. The van der Waals surface area contributed by atoms with Crippen LogP contribution in [-0.4, -0.2) is 23.9 Å². The van der Waals surface area contributed by atoms with Crippen LogP contribution in [0.2, 0.25) is 0 Å². The third-order valence-electron chi connectivity index (χ3n) is 3.37. The molecule has 1 fully saturated rings. The number of nitrogens with one attached hydrogen (secondary N) is 1. The number of nitrogens with zero attached hydrogens (tertiary/aromatic N) is 2. The highest BCUT2D eigenvalue weighted by Crippen LogP contribution is 2.20. The van der Waals surface area contributed by atoms with Crippen LogP contribution in [0, 0.1) is 0 Å². The first kappa shape index (κ1) is 13.4. The van der Waals surface area contributed by atoms with E-state index in [1.807, 2.05) is 7.05 Å². The summed E-state index contributed by atoms with van der Waals surface area (Å²) in [5, 5.41) is 4.25. The first-order valence-corrected chi connectivity index (χ1v) is 7.50. The number of rotatable bonds is 3. The zero-order valence-corrected chi connectivity index (χ0v) is 11.7. The van der Waals surface area contributed by atoms with Crippen LogP contribution in [-0.2, 0) is 6.54 Å². The molecule has 100 valence electrons. The Labute approximate surface area is 113 Å². The molecule has 3 N–H and O–H groups in total. The monoisotopic (exact) mass is 266 g/mol. The van der Waals surface area contributed by atoms with E-state index >= 15 is 0 Å². The third kappa shape index (κ3) is 3.71. The van der Waals surface area contributed by atoms with E-state index in [1.165, 1.54) is 37.7 Å². The van der Waals surface area contributed by atoms with Gasteiger partial charge in [-0.1, -0.05) is 19.3 Å². The van der Waals surface area contributed by atoms with Crippen molar-refractivity contribution in [3.8, 4) is 0 Å². The molecule has 1 aromatic heterocycles. The van der Waals surface area contributed by atoms with Gasteiger partial charge in [0.1, 0.15) is 0 Å². The van der Waals surface area contributed by atoms with E-state index in [1.54, 1.807) is 11.3 Å². The fourth-order valence-corrected chi connectivity index (χ4v) is 3.02. The Morgan fingerprint density at radius 1 is 1.50 bits per heavy atom. The van der Waals surface area contributed by atoms with E-state index in [4.69, 9.17) is 10.8 Å². The molecule has 0 radical (unpaired) electrons. The molecule has 1 saturated carbocycles. The van der Waals surface area contributed by atoms with Crippen LogP contribution in [0.3, 0.4) is 0 Å². The van der Waals surface area contributed by atoms with Gasteiger partial charge in [-0.15, -0.1) is 0 Å². The second-order valence-electron chi connectivity index (χ2n) is 4.88. The summed E-state index contributed by atoms with van der Waals surface area (Å²) in [5.74, 6) is 6.40. The van der Waals surface area contributed by atoms with Gasteiger partial charge in [0, 0.05) is 13.6 Å². The molecule has 0 amide bonds. The first-order chi connectivity index (χ1) is 8.79. The van der Waals surface area contributed by atoms with Gasteiger partial charge < -0.3 is 4.90 Å². The van der Waals surface area contributed by atoms with Crippen molar-refractivity contribution in [3.05, 3.63) is 22.4 Å². The van der Waals surface area contributed by atoms with Crippen molar-refractivity contribution in [2.75, 3.05) is 7.05 Å². The summed E-state index contributed by atoms with van der Waals surface area (Å²) in [5.41, 5.74) is 4.04. The van der Waals surface area contributed by atoms with E-state index in [0.29, 0.717) is 6.04 Å². The fourth-order valence-electron chi connectivity index (χ4n) is 2.36. The van der Waals surface area contributed by atoms with Crippen molar-refractivity contribution in [3.63, 3.8) is 0 Å². The van der Waals surface area contributed by atoms with Gasteiger partial charge in [0.25, 0.3) is 0 Å². The van der Waals surface area contributed by atoms with Crippen LogP contribution in [0.25, 0.3) is 0 Å². The smallest absolute Gasteiger partial charge is 0.208 e. The SMILES string of the molecule is CN(Cc1ccsc1)C(=NC1CCCCC1)NN. The highest BCUT2D eigenvalue weighted by molar-refractivity contribution is 7.07. The Bertz CT molecular complexity index is 368. The summed E-state index contributed by atoms with van der Waals surface area (Å²) < 4.78 is 0. The van der Waals surface area contributed by atoms with Crippen molar-refractivity contribution in [2.24, 2.45) is 10.8 Å². The first-order valence-electron chi connectivity index (χ1n) is 6.56. The van der Waals surface area contributed by atoms with Gasteiger partial charge in [-0.2, -0.15) is 11.3 Å².